The van der Waals surface area contributed by atoms with E-state index < -0.39 is 17.4 Å². The minimum atomic E-state index is -0.634. The van der Waals surface area contributed by atoms with E-state index in [4.69, 9.17) is 0 Å². The van der Waals surface area contributed by atoms with Crippen LogP contribution in [0.3, 0.4) is 0 Å². The fourth-order valence-corrected chi connectivity index (χ4v) is 2.12. The van der Waals surface area contributed by atoms with Crippen LogP contribution >= 0.6 is 0 Å². The first-order valence-electron chi connectivity index (χ1n) is 7.17. The first kappa shape index (κ1) is 15.5. The number of carbonyl (C=O) groups excluding carboxylic acids is 1. The molecule has 0 unspecified atom stereocenters. The first-order valence-corrected chi connectivity index (χ1v) is 7.17. The van der Waals surface area contributed by atoms with Crippen molar-refractivity contribution in [3.8, 4) is 11.3 Å². The van der Waals surface area contributed by atoms with Crippen molar-refractivity contribution in [3.05, 3.63) is 77.1 Å². The van der Waals surface area contributed by atoms with Gasteiger partial charge in [0.25, 0.3) is 0 Å². The minimum absolute atomic E-state index is 0.307. The summed E-state index contributed by atoms with van der Waals surface area (Å²) in [6.45, 7) is -0.308. The molecule has 120 valence electrons. The predicted molar refractivity (Wildman–Crippen MR) is 86.8 cm³/mol. The van der Waals surface area contributed by atoms with Crippen LogP contribution in [0.15, 0.2) is 65.6 Å². The molecule has 0 atom stereocenters. The van der Waals surface area contributed by atoms with Crippen LogP contribution in [-0.2, 0) is 11.3 Å². The zero-order valence-electron chi connectivity index (χ0n) is 12.5. The zero-order chi connectivity index (χ0) is 16.9. The lowest BCUT2D eigenvalue weighted by Crippen LogP contribution is -2.31. The molecule has 1 heterocycles. The van der Waals surface area contributed by atoms with Crippen molar-refractivity contribution < 1.29 is 9.18 Å². The maximum atomic E-state index is 13.1. The van der Waals surface area contributed by atoms with Gasteiger partial charge in [-0.3, -0.25) is 4.79 Å². The first-order chi connectivity index (χ1) is 11.6. The van der Waals surface area contributed by atoms with Crippen molar-refractivity contribution in [1.82, 2.24) is 14.8 Å². The Balaban J connectivity index is 1.74. The highest BCUT2D eigenvalue weighted by molar-refractivity contribution is 5.90. The largest absolute Gasteiger partial charge is 0.365 e. The van der Waals surface area contributed by atoms with Crippen LogP contribution in [0, 0.1) is 5.82 Å². The molecule has 1 aromatic heterocycles. The summed E-state index contributed by atoms with van der Waals surface area (Å²) in [5.41, 5.74) is 0.869. The van der Waals surface area contributed by atoms with Crippen LogP contribution in [0.25, 0.3) is 11.3 Å². The predicted octanol–water partition coefficient (Wildman–Crippen LogP) is 2.08. The average Bonchev–Trinajstić information content (AvgIpc) is 2.57. The summed E-state index contributed by atoms with van der Waals surface area (Å²) < 4.78 is 14.0. The quantitative estimate of drug-likeness (QED) is 0.797. The van der Waals surface area contributed by atoms with Crippen molar-refractivity contribution in [2.24, 2.45) is 0 Å². The number of hydrogen-bond donors (Lipinski definition) is 1. The number of benzene rings is 2. The van der Waals surface area contributed by atoms with Gasteiger partial charge < -0.3 is 5.32 Å². The van der Waals surface area contributed by atoms with Gasteiger partial charge in [0.15, 0.2) is 0 Å². The molecule has 6 nitrogen and oxygen atoms in total. The number of anilines is 1. The van der Waals surface area contributed by atoms with Crippen LogP contribution in [-0.4, -0.2) is 20.7 Å². The summed E-state index contributed by atoms with van der Waals surface area (Å²) in [5.74, 6) is -0.957. The monoisotopic (exact) mass is 324 g/mol. The summed E-state index contributed by atoms with van der Waals surface area (Å²) in [6, 6.07) is 14.6. The normalized spacial score (nSPS) is 10.4. The Morgan fingerprint density at radius 1 is 1.12 bits per heavy atom. The third-order valence-corrected chi connectivity index (χ3v) is 3.23. The van der Waals surface area contributed by atoms with E-state index in [0.29, 0.717) is 11.4 Å². The maximum absolute atomic E-state index is 13.1. The summed E-state index contributed by atoms with van der Waals surface area (Å²) in [5, 5.41) is 6.46. The topological polar surface area (TPSA) is 76.9 Å². The van der Waals surface area contributed by atoms with E-state index in [9.17, 15) is 14.0 Å². The lowest BCUT2D eigenvalue weighted by Gasteiger charge is -2.07. The molecule has 0 aliphatic heterocycles. The lowest BCUT2D eigenvalue weighted by atomic mass is 10.2. The Morgan fingerprint density at radius 2 is 1.92 bits per heavy atom. The van der Waals surface area contributed by atoms with E-state index in [1.54, 1.807) is 6.07 Å². The Kier molecular flexibility index (Phi) is 4.42. The van der Waals surface area contributed by atoms with Gasteiger partial charge in [0.05, 0.1) is 11.9 Å². The van der Waals surface area contributed by atoms with Crippen molar-refractivity contribution >= 4 is 11.6 Å². The fourth-order valence-electron chi connectivity index (χ4n) is 2.12. The van der Waals surface area contributed by atoms with E-state index in [1.807, 2.05) is 30.3 Å². The van der Waals surface area contributed by atoms with Gasteiger partial charge in [0.1, 0.15) is 12.4 Å². The lowest BCUT2D eigenvalue weighted by molar-refractivity contribution is -0.117. The second-order valence-corrected chi connectivity index (χ2v) is 5.01. The summed E-state index contributed by atoms with van der Waals surface area (Å²) in [6.07, 6.45) is 1.42. The molecular weight excluding hydrogens is 311 g/mol. The third kappa shape index (κ3) is 3.70. The molecule has 0 saturated heterocycles. The number of nitrogens with one attached hydrogen (secondary N) is 1. The van der Waals surface area contributed by atoms with Gasteiger partial charge in [-0.1, -0.05) is 36.4 Å². The third-order valence-electron chi connectivity index (χ3n) is 3.23. The number of rotatable bonds is 4. The molecule has 2 aromatic carbocycles. The van der Waals surface area contributed by atoms with E-state index >= 15 is 0 Å². The second-order valence-electron chi connectivity index (χ2n) is 5.01. The highest BCUT2D eigenvalue weighted by Gasteiger charge is 2.09. The van der Waals surface area contributed by atoms with E-state index in [2.05, 4.69) is 15.4 Å². The number of halogens is 1. The van der Waals surface area contributed by atoms with Crippen molar-refractivity contribution in [2.45, 2.75) is 6.54 Å². The molecule has 3 aromatic rings. The second kappa shape index (κ2) is 6.82. The molecule has 0 aliphatic carbocycles. The smallest absolute Gasteiger partial charge is 0.324 e. The molecule has 0 bridgehead atoms. The Morgan fingerprint density at radius 3 is 2.62 bits per heavy atom. The molecule has 0 fully saturated rings. The Bertz CT molecular complexity index is 925. The van der Waals surface area contributed by atoms with Gasteiger partial charge in [0, 0.05) is 11.3 Å². The van der Waals surface area contributed by atoms with Gasteiger partial charge >= 0.3 is 5.69 Å². The van der Waals surface area contributed by atoms with Crippen LogP contribution in [0.4, 0.5) is 10.1 Å². The van der Waals surface area contributed by atoms with Crippen molar-refractivity contribution in [1.29, 1.82) is 0 Å². The molecule has 0 saturated carbocycles. The van der Waals surface area contributed by atoms with E-state index in [1.165, 1.54) is 24.4 Å². The summed E-state index contributed by atoms with van der Waals surface area (Å²) in [7, 11) is 0. The minimum Gasteiger partial charge on any atom is -0.324 e. The van der Waals surface area contributed by atoms with Crippen molar-refractivity contribution in [3.63, 3.8) is 0 Å². The average molecular weight is 324 g/mol. The van der Waals surface area contributed by atoms with E-state index in [-0.39, 0.29) is 6.54 Å². The maximum Gasteiger partial charge on any atom is 0.365 e. The van der Waals surface area contributed by atoms with Crippen molar-refractivity contribution in [2.75, 3.05) is 5.32 Å². The van der Waals surface area contributed by atoms with Gasteiger partial charge in [-0.15, -0.1) is 0 Å². The van der Waals surface area contributed by atoms with Gasteiger partial charge in [0.2, 0.25) is 5.91 Å². The SMILES string of the molecule is O=C(Cn1ncc(-c2ccccc2)nc1=O)Nc1cccc(F)c1. The molecule has 0 radical (unpaired) electrons. The highest BCUT2D eigenvalue weighted by atomic mass is 19.1. The molecule has 0 spiro atoms. The number of amides is 1. The Labute approximate surface area is 136 Å². The Hall–Kier alpha value is -3.35. The molecule has 0 aliphatic rings. The zero-order valence-corrected chi connectivity index (χ0v) is 12.5. The summed E-state index contributed by atoms with van der Waals surface area (Å²) in [4.78, 5) is 27.9. The van der Waals surface area contributed by atoms with Gasteiger partial charge in [-0.2, -0.15) is 10.1 Å². The standard InChI is InChI=1S/C17H13FN4O2/c18-13-7-4-8-14(9-13)20-16(23)11-22-17(24)21-15(10-19-22)12-5-2-1-3-6-12/h1-10H,11H2,(H,20,23). The number of carbonyl (C=O) groups is 1. The molecule has 24 heavy (non-hydrogen) atoms. The number of aromatic nitrogens is 3. The summed E-state index contributed by atoms with van der Waals surface area (Å²) >= 11 is 0. The number of hydrogen-bond acceptors (Lipinski definition) is 4. The molecule has 1 amide bonds. The van der Waals surface area contributed by atoms with Crippen LogP contribution < -0.4 is 11.0 Å². The molecule has 1 N–H and O–H groups in total. The van der Waals surface area contributed by atoms with Gasteiger partial charge in [-0.05, 0) is 18.2 Å². The number of nitrogens with zero attached hydrogens (tertiary/aromatic N) is 3. The van der Waals surface area contributed by atoms with Crippen LogP contribution in [0.2, 0.25) is 0 Å². The van der Waals surface area contributed by atoms with Crippen LogP contribution in [0.5, 0.6) is 0 Å². The van der Waals surface area contributed by atoms with Crippen LogP contribution in [0.1, 0.15) is 0 Å². The fraction of sp³-hybridized carbons (Fsp3) is 0.0588. The van der Waals surface area contributed by atoms with E-state index in [0.717, 1.165) is 10.2 Å². The van der Waals surface area contributed by atoms with Gasteiger partial charge in [-0.25, -0.2) is 13.9 Å². The molecule has 3 rings (SSSR count). The molecular formula is C17H13FN4O2. The molecule has 7 heteroatoms. The highest BCUT2D eigenvalue weighted by Crippen LogP contribution is 2.13.